The summed E-state index contributed by atoms with van der Waals surface area (Å²) in [6.07, 6.45) is -2.10. The molecule has 1 unspecified atom stereocenters. The normalized spacial score (nSPS) is 42.0. The molecule has 72 valence electrons. The van der Waals surface area contributed by atoms with Gasteiger partial charge < -0.3 is 20.1 Å². The van der Waals surface area contributed by atoms with Gasteiger partial charge in [-0.1, -0.05) is 0 Å². The minimum Gasteiger partial charge on any atom is -0.394 e. The molecule has 0 aromatic carbocycles. The molecule has 0 saturated carbocycles. The number of aliphatic hydroxyl groups excluding tert-OH is 3. The van der Waals surface area contributed by atoms with E-state index in [1.807, 2.05) is 0 Å². The Bertz CT molecular complexity index is 144. The number of hydrogen-bond donors (Lipinski definition) is 3. The lowest BCUT2D eigenvalue weighted by molar-refractivity contribution is -0.107. The molecule has 1 rings (SSSR count). The molecule has 3 N–H and O–H groups in total. The van der Waals surface area contributed by atoms with Gasteiger partial charge in [-0.05, 0) is 12.0 Å². The van der Waals surface area contributed by atoms with Crippen molar-refractivity contribution in [1.29, 1.82) is 0 Å². The van der Waals surface area contributed by atoms with E-state index in [9.17, 15) is 10.2 Å². The van der Waals surface area contributed by atoms with E-state index in [2.05, 4.69) is 0 Å². The zero-order valence-corrected chi connectivity index (χ0v) is 7.40. The van der Waals surface area contributed by atoms with E-state index in [0.717, 1.165) is 12.0 Å². The lowest BCUT2D eigenvalue weighted by atomic mass is 10.1. The molecule has 0 bridgehead atoms. The van der Waals surface area contributed by atoms with Gasteiger partial charge in [-0.2, -0.15) is 0 Å². The van der Waals surface area contributed by atoms with Crippen molar-refractivity contribution in [3.8, 4) is 0 Å². The molecule has 1 saturated heterocycles. The SMILES string of the molecule is CSOC1O[C@H](CO)[C@@H](O)[C@H]1O. The van der Waals surface area contributed by atoms with Crippen LogP contribution in [-0.4, -0.2) is 52.8 Å². The van der Waals surface area contributed by atoms with Crippen molar-refractivity contribution in [2.45, 2.75) is 24.6 Å². The molecular weight excluding hydrogens is 184 g/mol. The molecule has 0 amide bonds. The van der Waals surface area contributed by atoms with Gasteiger partial charge >= 0.3 is 0 Å². The van der Waals surface area contributed by atoms with Crippen LogP contribution in [0.15, 0.2) is 0 Å². The van der Waals surface area contributed by atoms with Crippen LogP contribution in [-0.2, 0) is 8.92 Å². The Labute approximate surface area is 74.5 Å². The van der Waals surface area contributed by atoms with E-state index in [4.69, 9.17) is 14.0 Å². The van der Waals surface area contributed by atoms with Gasteiger partial charge in [0.2, 0.25) is 0 Å². The van der Waals surface area contributed by atoms with E-state index in [1.54, 1.807) is 6.26 Å². The molecule has 1 aliphatic rings. The van der Waals surface area contributed by atoms with E-state index in [1.165, 1.54) is 0 Å². The van der Waals surface area contributed by atoms with Gasteiger partial charge in [-0.25, -0.2) is 0 Å². The molecule has 0 aromatic rings. The van der Waals surface area contributed by atoms with Gasteiger partial charge in [0.15, 0.2) is 6.29 Å². The summed E-state index contributed by atoms with van der Waals surface area (Å²) in [5.41, 5.74) is 0. The third-order valence-electron chi connectivity index (χ3n) is 1.69. The highest BCUT2D eigenvalue weighted by atomic mass is 32.2. The summed E-state index contributed by atoms with van der Waals surface area (Å²) in [4.78, 5) is 0. The van der Waals surface area contributed by atoms with Crippen LogP contribution >= 0.6 is 12.0 Å². The molecular formula is C6H12O5S. The average molecular weight is 196 g/mol. The summed E-state index contributed by atoms with van der Waals surface area (Å²) < 4.78 is 9.87. The van der Waals surface area contributed by atoms with Crippen molar-refractivity contribution in [1.82, 2.24) is 0 Å². The van der Waals surface area contributed by atoms with Gasteiger partial charge in [-0.3, -0.25) is 4.18 Å². The van der Waals surface area contributed by atoms with Crippen LogP contribution in [0.5, 0.6) is 0 Å². The van der Waals surface area contributed by atoms with E-state index in [-0.39, 0.29) is 6.61 Å². The zero-order chi connectivity index (χ0) is 9.14. The first-order valence-electron chi connectivity index (χ1n) is 3.52. The van der Waals surface area contributed by atoms with E-state index >= 15 is 0 Å². The number of aliphatic hydroxyl groups is 3. The number of hydrogen-bond acceptors (Lipinski definition) is 6. The third kappa shape index (κ3) is 1.90. The second-order valence-electron chi connectivity index (χ2n) is 2.47. The van der Waals surface area contributed by atoms with Gasteiger partial charge in [0.1, 0.15) is 18.3 Å². The minimum absolute atomic E-state index is 0.327. The number of rotatable bonds is 3. The van der Waals surface area contributed by atoms with Crippen LogP contribution in [0.3, 0.4) is 0 Å². The lowest BCUT2D eigenvalue weighted by Gasteiger charge is -2.12. The summed E-state index contributed by atoms with van der Waals surface area (Å²) in [5.74, 6) is 0. The molecule has 12 heavy (non-hydrogen) atoms. The topological polar surface area (TPSA) is 79.2 Å². The van der Waals surface area contributed by atoms with Crippen molar-refractivity contribution < 1.29 is 24.2 Å². The second kappa shape index (κ2) is 4.40. The van der Waals surface area contributed by atoms with Crippen LogP contribution in [0.25, 0.3) is 0 Å². The minimum atomic E-state index is -1.09. The van der Waals surface area contributed by atoms with Crippen LogP contribution in [0.2, 0.25) is 0 Å². The highest BCUT2D eigenvalue weighted by Crippen LogP contribution is 2.24. The van der Waals surface area contributed by atoms with Crippen LogP contribution < -0.4 is 0 Å². The molecule has 1 heterocycles. The molecule has 6 heteroatoms. The maximum Gasteiger partial charge on any atom is 0.199 e. The van der Waals surface area contributed by atoms with Crippen molar-refractivity contribution in [2.75, 3.05) is 12.9 Å². The van der Waals surface area contributed by atoms with Crippen molar-refractivity contribution in [3.05, 3.63) is 0 Å². The summed E-state index contributed by atoms with van der Waals surface area (Å²) in [5, 5.41) is 27.2. The first-order chi connectivity index (χ1) is 5.70. The Morgan fingerprint density at radius 3 is 2.50 bits per heavy atom. The number of ether oxygens (including phenoxy) is 1. The van der Waals surface area contributed by atoms with Crippen molar-refractivity contribution in [3.63, 3.8) is 0 Å². The van der Waals surface area contributed by atoms with E-state index < -0.39 is 24.6 Å². The largest absolute Gasteiger partial charge is 0.394 e. The quantitative estimate of drug-likeness (QED) is 0.488. The monoisotopic (exact) mass is 196 g/mol. The zero-order valence-electron chi connectivity index (χ0n) is 6.58. The molecule has 4 atom stereocenters. The first kappa shape index (κ1) is 10.2. The van der Waals surface area contributed by atoms with E-state index in [0.29, 0.717) is 0 Å². The van der Waals surface area contributed by atoms with Gasteiger partial charge in [0.25, 0.3) is 0 Å². The predicted molar refractivity (Wildman–Crippen MR) is 42.4 cm³/mol. The highest BCUT2D eigenvalue weighted by molar-refractivity contribution is 7.93. The lowest BCUT2D eigenvalue weighted by Crippen LogP contribution is -2.34. The van der Waals surface area contributed by atoms with Gasteiger partial charge in [0.05, 0.1) is 6.61 Å². The molecule has 0 aliphatic carbocycles. The van der Waals surface area contributed by atoms with Gasteiger partial charge in [0, 0.05) is 6.26 Å². The van der Waals surface area contributed by atoms with Gasteiger partial charge in [-0.15, -0.1) is 0 Å². The molecule has 1 aliphatic heterocycles. The predicted octanol–water partition coefficient (Wildman–Crippen LogP) is -1.28. The van der Waals surface area contributed by atoms with Crippen LogP contribution in [0.4, 0.5) is 0 Å². The maximum absolute atomic E-state index is 9.27. The smallest absolute Gasteiger partial charge is 0.199 e. The second-order valence-corrected chi connectivity index (χ2v) is 3.00. The summed E-state index contributed by atoms with van der Waals surface area (Å²) in [7, 11) is 0. The average Bonchev–Trinajstić information content (AvgIpc) is 2.33. The Kier molecular flexibility index (Phi) is 3.76. The third-order valence-corrected chi connectivity index (χ3v) is 2.07. The summed E-state index contributed by atoms with van der Waals surface area (Å²) in [6, 6.07) is 0. The molecule has 1 fully saturated rings. The Morgan fingerprint density at radius 1 is 1.42 bits per heavy atom. The molecule has 0 aromatic heterocycles. The maximum atomic E-state index is 9.27. The summed E-state index contributed by atoms with van der Waals surface area (Å²) in [6.45, 7) is -0.327. The van der Waals surface area contributed by atoms with Crippen molar-refractivity contribution in [2.24, 2.45) is 0 Å². The fourth-order valence-corrected chi connectivity index (χ4v) is 1.39. The molecule has 0 spiro atoms. The van der Waals surface area contributed by atoms with Crippen molar-refractivity contribution >= 4 is 12.0 Å². The molecule has 0 radical (unpaired) electrons. The fraction of sp³-hybridized carbons (Fsp3) is 1.00. The Balaban J connectivity index is 2.48. The Hall–Kier alpha value is 0.150. The highest BCUT2D eigenvalue weighted by Gasteiger charge is 2.43. The summed E-state index contributed by atoms with van der Waals surface area (Å²) >= 11 is 1.04. The fourth-order valence-electron chi connectivity index (χ4n) is 1.04. The standard InChI is InChI=1S/C6H12O5S/c1-12-11-6-5(9)4(8)3(2-7)10-6/h3-9H,2H2,1H3/t3-,4-,5-,6?/m1/s1. The Morgan fingerprint density at radius 2 is 2.08 bits per heavy atom. The van der Waals surface area contributed by atoms with Crippen LogP contribution in [0, 0.1) is 0 Å². The first-order valence-corrected chi connectivity index (χ1v) is 4.67. The molecule has 5 nitrogen and oxygen atoms in total. The van der Waals surface area contributed by atoms with Crippen LogP contribution in [0.1, 0.15) is 0 Å².